The number of hydrogen-bond acceptors (Lipinski definition) is 4. The van der Waals surface area contributed by atoms with E-state index in [-0.39, 0.29) is 40.2 Å². The molecule has 1 aromatic rings. The molecule has 0 spiro atoms. The molecule has 0 fully saturated rings. The molecule has 26 heavy (non-hydrogen) atoms. The minimum absolute atomic E-state index is 0.0444. The van der Waals surface area contributed by atoms with Crippen molar-refractivity contribution in [1.82, 2.24) is 5.32 Å². The van der Waals surface area contributed by atoms with Gasteiger partial charge in [-0.15, -0.1) is 0 Å². The van der Waals surface area contributed by atoms with E-state index in [1.807, 2.05) is 0 Å². The topological polar surface area (TPSA) is 55.4 Å². The number of benzene rings is 1. The maximum Gasteiger partial charge on any atom is 0.336 e. The van der Waals surface area contributed by atoms with Crippen molar-refractivity contribution in [2.45, 2.75) is 31.9 Å². The van der Waals surface area contributed by atoms with Gasteiger partial charge in [-0.2, -0.15) is 0 Å². The predicted molar refractivity (Wildman–Crippen MR) is 88.1 cm³/mol. The van der Waals surface area contributed by atoms with Crippen LogP contribution in [0.25, 0.3) is 0 Å². The normalized spacial score (nSPS) is 20.8. The fourth-order valence-electron chi connectivity index (χ4n) is 3.70. The molecule has 1 aliphatic heterocycles. The van der Waals surface area contributed by atoms with Gasteiger partial charge in [-0.3, -0.25) is 4.79 Å². The molecule has 1 N–H and O–H groups in total. The van der Waals surface area contributed by atoms with Crippen LogP contribution in [0.4, 0.5) is 13.2 Å². The Labute approximate surface area is 148 Å². The summed E-state index contributed by atoms with van der Waals surface area (Å²) in [4.78, 5) is 24.8. The Hall–Kier alpha value is -2.57. The number of halogens is 3. The van der Waals surface area contributed by atoms with Crippen LogP contribution in [0.15, 0.2) is 40.7 Å². The van der Waals surface area contributed by atoms with Crippen molar-refractivity contribution in [3.63, 3.8) is 0 Å². The van der Waals surface area contributed by atoms with Crippen LogP contribution in [-0.4, -0.2) is 25.5 Å². The molecule has 2 atom stereocenters. The molecule has 4 nitrogen and oxygen atoms in total. The third kappa shape index (κ3) is 2.81. The summed E-state index contributed by atoms with van der Waals surface area (Å²) < 4.78 is 46.9. The van der Waals surface area contributed by atoms with Gasteiger partial charge in [-0.05, 0) is 25.0 Å². The zero-order valence-corrected chi connectivity index (χ0v) is 14.4. The van der Waals surface area contributed by atoms with E-state index >= 15 is 0 Å². The van der Waals surface area contributed by atoms with E-state index in [0.29, 0.717) is 12.1 Å². The monoisotopic (exact) mass is 365 g/mol. The predicted octanol–water partition coefficient (Wildman–Crippen LogP) is 3.56. The average Bonchev–Trinajstić information content (AvgIpc) is 2.99. The molecule has 1 aromatic carbocycles. The van der Waals surface area contributed by atoms with E-state index < -0.39 is 30.6 Å². The van der Waals surface area contributed by atoms with Gasteiger partial charge in [-0.1, -0.05) is 12.1 Å². The van der Waals surface area contributed by atoms with E-state index in [1.165, 1.54) is 19.1 Å². The maximum absolute atomic E-state index is 14.3. The number of ketones is 1. The minimum Gasteiger partial charge on any atom is -0.466 e. The number of rotatable bonds is 4. The summed E-state index contributed by atoms with van der Waals surface area (Å²) in [6, 6.07) is 3.95. The summed E-state index contributed by atoms with van der Waals surface area (Å²) in [7, 11) is 1.13. The molecular weight excluding hydrogens is 347 g/mol. The molecule has 0 saturated carbocycles. The van der Waals surface area contributed by atoms with Gasteiger partial charge in [0, 0.05) is 29.2 Å². The van der Waals surface area contributed by atoms with E-state index in [4.69, 9.17) is 4.74 Å². The van der Waals surface area contributed by atoms with E-state index in [9.17, 15) is 22.8 Å². The maximum atomic E-state index is 14.3. The zero-order chi connectivity index (χ0) is 19.0. The highest BCUT2D eigenvalue weighted by atomic mass is 19.1. The molecule has 7 heteroatoms. The number of alkyl halides is 2. The summed E-state index contributed by atoms with van der Waals surface area (Å²) in [6.07, 6.45) is -1.12. The second kappa shape index (κ2) is 6.97. The minimum atomic E-state index is -1.67. The summed E-state index contributed by atoms with van der Waals surface area (Å²) in [5, 5.41) is 2.80. The quantitative estimate of drug-likeness (QED) is 0.829. The number of dihydropyridines is 1. The van der Waals surface area contributed by atoms with Crippen molar-refractivity contribution < 1.29 is 27.5 Å². The highest BCUT2D eigenvalue weighted by Crippen LogP contribution is 2.46. The van der Waals surface area contributed by atoms with Gasteiger partial charge in [0.25, 0.3) is 0 Å². The largest absolute Gasteiger partial charge is 0.466 e. The van der Waals surface area contributed by atoms with Crippen LogP contribution in [0.3, 0.4) is 0 Å². The molecule has 138 valence electrons. The summed E-state index contributed by atoms with van der Waals surface area (Å²) >= 11 is 0. The van der Waals surface area contributed by atoms with Crippen molar-refractivity contribution in [2.24, 2.45) is 0 Å². The molecule has 1 unspecified atom stereocenters. The molecule has 0 saturated heterocycles. The summed E-state index contributed by atoms with van der Waals surface area (Å²) in [6.45, 7) is 0.175. The average molecular weight is 365 g/mol. The standard InChI is InChI=1S/C19H18F3NO3/c1-9(21)15-10(4-3-5-11(15)22)16-17-12(6-7-14(17)24)23-13(8-20)18(16)19(25)26-2/h3-5,9,16,23H,6-8H2,1-2H3/t9?,16-/m1/s1. The Kier molecular flexibility index (Phi) is 4.89. The number of esters is 1. The van der Waals surface area contributed by atoms with Crippen molar-refractivity contribution in [1.29, 1.82) is 0 Å². The summed E-state index contributed by atoms with van der Waals surface area (Å²) in [5.41, 5.74) is 0.451. The Morgan fingerprint density at radius 2 is 2.12 bits per heavy atom. The van der Waals surface area contributed by atoms with E-state index in [1.54, 1.807) is 0 Å². The van der Waals surface area contributed by atoms with Gasteiger partial charge in [0.1, 0.15) is 18.7 Å². The van der Waals surface area contributed by atoms with Crippen LogP contribution in [-0.2, 0) is 14.3 Å². The number of Topliss-reactive ketones (excluding diaryl/α,β-unsaturated/α-hetero) is 1. The van der Waals surface area contributed by atoms with Gasteiger partial charge in [0.2, 0.25) is 0 Å². The molecule has 0 bridgehead atoms. The van der Waals surface area contributed by atoms with Crippen molar-refractivity contribution in [3.8, 4) is 0 Å². The molecule has 0 aromatic heterocycles. The Balaban J connectivity index is 2.31. The lowest BCUT2D eigenvalue weighted by atomic mass is 9.78. The number of nitrogens with one attached hydrogen (secondary N) is 1. The second-order valence-corrected chi connectivity index (χ2v) is 6.25. The van der Waals surface area contributed by atoms with Crippen LogP contribution in [0, 0.1) is 5.82 Å². The van der Waals surface area contributed by atoms with Gasteiger partial charge in [0.15, 0.2) is 5.78 Å². The first-order valence-electron chi connectivity index (χ1n) is 8.23. The van der Waals surface area contributed by atoms with Crippen molar-refractivity contribution >= 4 is 11.8 Å². The number of carbonyl (C=O) groups is 2. The number of allylic oxidation sites excluding steroid dienone is 3. The lowest BCUT2D eigenvalue weighted by Crippen LogP contribution is -2.32. The van der Waals surface area contributed by atoms with E-state index in [0.717, 1.165) is 13.2 Å². The molecular formula is C19H18F3NO3. The molecule has 0 amide bonds. The fourth-order valence-corrected chi connectivity index (χ4v) is 3.70. The number of carbonyl (C=O) groups excluding carboxylic acids is 2. The molecule has 3 rings (SSSR count). The Bertz CT molecular complexity index is 842. The first-order valence-corrected chi connectivity index (χ1v) is 8.23. The van der Waals surface area contributed by atoms with Crippen LogP contribution in [0.1, 0.15) is 43.0 Å². The fraction of sp³-hybridized carbons (Fsp3) is 0.368. The van der Waals surface area contributed by atoms with E-state index in [2.05, 4.69) is 5.32 Å². The first kappa shape index (κ1) is 18.2. The SMILES string of the molecule is COC(=O)C1=C(CF)NC2=C(C(=O)CC2)[C@H]1c1cccc(F)c1C(C)F. The third-order valence-electron chi connectivity index (χ3n) is 4.77. The first-order chi connectivity index (χ1) is 12.4. The molecule has 1 aliphatic carbocycles. The van der Waals surface area contributed by atoms with Crippen LogP contribution < -0.4 is 5.32 Å². The molecule has 1 heterocycles. The summed E-state index contributed by atoms with van der Waals surface area (Å²) in [5.74, 6) is -2.93. The number of hydrogen-bond donors (Lipinski definition) is 1. The smallest absolute Gasteiger partial charge is 0.336 e. The number of ether oxygens (including phenoxy) is 1. The van der Waals surface area contributed by atoms with Gasteiger partial charge < -0.3 is 10.1 Å². The van der Waals surface area contributed by atoms with Gasteiger partial charge >= 0.3 is 5.97 Å². The van der Waals surface area contributed by atoms with Gasteiger partial charge in [0.05, 0.1) is 18.4 Å². The number of methoxy groups -OCH3 is 1. The van der Waals surface area contributed by atoms with Gasteiger partial charge in [-0.25, -0.2) is 18.0 Å². The third-order valence-corrected chi connectivity index (χ3v) is 4.77. The highest BCUT2D eigenvalue weighted by Gasteiger charge is 2.42. The van der Waals surface area contributed by atoms with Crippen LogP contribution in [0.5, 0.6) is 0 Å². The zero-order valence-electron chi connectivity index (χ0n) is 14.4. The molecule has 2 aliphatic rings. The van der Waals surface area contributed by atoms with Crippen LogP contribution in [0.2, 0.25) is 0 Å². The highest BCUT2D eigenvalue weighted by molar-refractivity contribution is 6.05. The van der Waals surface area contributed by atoms with Crippen molar-refractivity contribution in [2.75, 3.05) is 13.8 Å². The Morgan fingerprint density at radius 1 is 1.38 bits per heavy atom. The molecule has 0 radical (unpaired) electrons. The Morgan fingerprint density at radius 3 is 2.73 bits per heavy atom. The second-order valence-electron chi connectivity index (χ2n) is 6.25. The van der Waals surface area contributed by atoms with Crippen LogP contribution >= 0.6 is 0 Å². The van der Waals surface area contributed by atoms with Crippen molar-refractivity contribution in [3.05, 3.63) is 57.7 Å². The lowest BCUT2D eigenvalue weighted by Gasteiger charge is -2.30. The lowest BCUT2D eigenvalue weighted by molar-refractivity contribution is -0.136.